The summed E-state index contributed by atoms with van der Waals surface area (Å²) in [5, 5.41) is 6.29. The summed E-state index contributed by atoms with van der Waals surface area (Å²) in [6.45, 7) is 6.00. The molecule has 0 aliphatic carbocycles. The molecule has 2 heterocycles. The molecule has 6 nitrogen and oxygen atoms in total. The summed E-state index contributed by atoms with van der Waals surface area (Å²) >= 11 is 5.81. The van der Waals surface area contributed by atoms with Crippen LogP contribution in [-0.2, 0) is 0 Å². The first-order valence-corrected chi connectivity index (χ1v) is 9.78. The van der Waals surface area contributed by atoms with Crippen molar-refractivity contribution in [3.05, 3.63) is 34.9 Å². The van der Waals surface area contributed by atoms with Crippen molar-refractivity contribution in [2.75, 3.05) is 45.8 Å². The predicted molar refractivity (Wildman–Crippen MR) is 103 cm³/mol. The molecule has 1 atom stereocenters. The van der Waals surface area contributed by atoms with Gasteiger partial charge in [0.1, 0.15) is 0 Å². The Labute approximate surface area is 159 Å². The topological polar surface area (TPSA) is 64.7 Å². The summed E-state index contributed by atoms with van der Waals surface area (Å²) in [7, 11) is 0. The van der Waals surface area contributed by atoms with E-state index in [9.17, 15) is 9.59 Å². The van der Waals surface area contributed by atoms with Crippen LogP contribution < -0.4 is 10.6 Å². The van der Waals surface area contributed by atoms with Gasteiger partial charge in [-0.3, -0.25) is 4.79 Å². The molecule has 3 rings (SSSR count). The summed E-state index contributed by atoms with van der Waals surface area (Å²) in [6, 6.07) is 6.70. The smallest absolute Gasteiger partial charge is 0.317 e. The van der Waals surface area contributed by atoms with E-state index in [1.807, 2.05) is 4.90 Å². The lowest BCUT2D eigenvalue weighted by Crippen LogP contribution is -2.42. The fourth-order valence-electron chi connectivity index (χ4n) is 3.66. The first-order valence-electron chi connectivity index (χ1n) is 9.41. The molecule has 1 aromatic carbocycles. The number of hydrogen-bond acceptors (Lipinski definition) is 3. The van der Waals surface area contributed by atoms with Crippen LogP contribution in [0.5, 0.6) is 0 Å². The van der Waals surface area contributed by atoms with Crippen molar-refractivity contribution >= 4 is 23.5 Å². The molecule has 142 valence electrons. The van der Waals surface area contributed by atoms with Gasteiger partial charge in [0.15, 0.2) is 0 Å². The predicted octanol–water partition coefficient (Wildman–Crippen LogP) is 2.20. The minimum absolute atomic E-state index is 0.0327. The van der Waals surface area contributed by atoms with E-state index in [2.05, 4.69) is 15.5 Å². The van der Waals surface area contributed by atoms with Crippen molar-refractivity contribution in [3.8, 4) is 0 Å². The number of amides is 3. The minimum Gasteiger partial charge on any atom is -0.350 e. The zero-order chi connectivity index (χ0) is 18.4. The Hall–Kier alpha value is -1.79. The normalized spacial score (nSPS) is 20.3. The van der Waals surface area contributed by atoms with Crippen LogP contribution in [0.15, 0.2) is 24.3 Å². The van der Waals surface area contributed by atoms with Gasteiger partial charge in [-0.2, -0.15) is 0 Å². The molecular formula is C19H27ClN4O2. The van der Waals surface area contributed by atoms with Crippen LogP contribution in [0.3, 0.4) is 0 Å². The minimum atomic E-state index is -0.164. The molecule has 0 radical (unpaired) electrons. The lowest BCUT2D eigenvalue weighted by atomic mass is 10.1. The van der Waals surface area contributed by atoms with Gasteiger partial charge >= 0.3 is 6.03 Å². The molecule has 3 amide bonds. The Morgan fingerprint density at radius 2 is 1.73 bits per heavy atom. The molecule has 1 aromatic rings. The zero-order valence-electron chi connectivity index (χ0n) is 15.0. The van der Waals surface area contributed by atoms with Crippen LogP contribution in [0.2, 0.25) is 5.02 Å². The summed E-state index contributed by atoms with van der Waals surface area (Å²) < 4.78 is 0. The number of benzene rings is 1. The third kappa shape index (κ3) is 5.35. The molecule has 7 heteroatoms. The van der Waals surface area contributed by atoms with Gasteiger partial charge in [-0.1, -0.05) is 11.6 Å². The SMILES string of the molecule is O=C(NCCNC(=O)N1CCC(CN2CCCC2)C1)c1ccc(Cl)cc1. The van der Waals surface area contributed by atoms with Gasteiger partial charge < -0.3 is 20.4 Å². The highest BCUT2D eigenvalue weighted by Gasteiger charge is 2.28. The van der Waals surface area contributed by atoms with Crippen LogP contribution >= 0.6 is 11.6 Å². The second-order valence-electron chi connectivity index (χ2n) is 7.10. The highest BCUT2D eigenvalue weighted by atomic mass is 35.5. The average molecular weight is 379 g/mol. The van der Waals surface area contributed by atoms with Gasteiger partial charge in [0.2, 0.25) is 0 Å². The van der Waals surface area contributed by atoms with Crippen molar-refractivity contribution in [2.45, 2.75) is 19.3 Å². The van der Waals surface area contributed by atoms with Crippen molar-refractivity contribution in [1.29, 1.82) is 0 Å². The molecule has 1 unspecified atom stereocenters. The number of halogens is 1. The standard InChI is InChI=1S/C19H27ClN4O2/c20-17-5-3-16(4-6-17)18(25)21-8-9-22-19(26)24-12-7-15(14-24)13-23-10-1-2-11-23/h3-6,15H,1-2,7-14H2,(H,21,25)(H,22,26). The molecule has 2 aliphatic rings. The fourth-order valence-corrected chi connectivity index (χ4v) is 3.78. The first kappa shape index (κ1) is 19.0. The molecular weight excluding hydrogens is 352 g/mol. The largest absolute Gasteiger partial charge is 0.350 e. The van der Waals surface area contributed by atoms with Gasteiger partial charge in [-0.15, -0.1) is 0 Å². The molecule has 2 fully saturated rings. The van der Waals surface area contributed by atoms with Crippen LogP contribution in [0.1, 0.15) is 29.6 Å². The van der Waals surface area contributed by atoms with Crippen LogP contribution in [-0.4, -0.2) is 67.6 Å². The average Bonchev–Trinajstić information content (AvgIpc) is 3.31. The number of hydrogen-bond donors (Lipinski definition) is 2. The van der Waals surface area contributed by atoms with Crippen molar-refractivity contribution in [1.82, 2.24) is 20.4 Å². The molecule has 0 saturated carbocycles. The van der Waals surface area contributed by atoms with E-state index in [4.69, 9.17) is 11.6 Å². The van der Waals surface area contributed by atoms with E-state index >= 15 is 0 Å². The quantitative estimate of drug-likeness (QED) is 0.746. The van der Waals surface area contributed by atoms with E-state index in [0.717, 1.165) is 26.1 Å². The Bertz CT molecular complexity index is 616. The van der Waals surface area contributed by atoms with E-state index in [-0.39, 0.29) is 11.9 Å². The zero-order valence-corrected chi connectivity index (χ0v) is 15.8. The molecule has 0 aromatic heterocycles. The Kier molecular flexibility index (Phi) is 6.74. The maximum atomic E-state index is 12.3. The highest BCUT2D eigenvalue weighted by Crippen LogP contribution is 2.19. The number of nitrogens with zero attached hydrogens (tertiary/aromatic N) is 2. The lowest BCUT2D eigenvalue weighted by molar-refractivity contribution is 0.0953. The molecule has 26 heavy (non-hydrogen) atoms. The molecule has 0 bridgehead atoms. The second kappa shape index (κ2) is 9.24. The molecule has 2 aliphatic heterocycles. The van der Waals surface area contributed by atoms with Gasteiger partial charge in [-0.25, -0.2) is 4.79 Å². The van der Waals surface area contributed by atoms with Crippen molar-refractivity contribution in [3.63, 3.8) is 0 Å². The number of carbonyl (C=O) groups is 2. The number of likely N-dealkylation sites (tertiary alicyclic amines) is 2. The van der Waals surface area contributed by atoms with E-state index < -0.39 is 0 Å². The Morgan fingerprint density at radius 3 is 2.46 bits per heavy atom. The third-order valence-electron chi connectivity index (χ3n) is 5.08. The van der Waals surface area contributed by atoms with Crippen LogP contribution in [0.25, 0.3) is 0 Å². The van der Waals surface area contributed by atoms with E-state index in [1.54, 1.807) is 24.3 Å². The van der Waals surface area contributed by atoms with Gasteiger partial charge in [0.05, 0.1) is 0 Å². The Balaban J connectivity index is 1.31. The summed E-state index contributed by atoms with van der Waals surface area (Å²) in [5.74, 6) is 0.422. The molecule has 2 N–H and O–H groups in total. The lowest BCUT2D eigenvalue weighted by Gasteiger charge is -2.21. The van der Waals surface area contributed by atoms with Crippen LogP contribution in [0.4, 0.5) is 4.79 Å². The summed E-state index contributed by atoms with van der Waals surface area (Å²) in [6.07, 6.45) is 3.69. The monoisotopic (exact) mass is 378 g/mol. The fraction of sp³-hybridized carbons (Fsp3) is 0.579. The van der Waals surface area contributed by atoms with E-state index in [1.165, 1.54) is 25.9 Å². The summed E-state index contributed by atoms with van der Waals surface area (Å²) in [4.78, 5) is 28.6. The third-order valence-corrected chi connectivity index (χ3v) is 5.33. The summed E-state index contributed by atoms with van der Waals surface area (Å²) in [5.41, 5.74) is 0.560. The number of urea groups is 1. The number of rotatable bonds is 6. The van der Waals surface area contributed by atoms with Crippen LogP contribution in [0, 0.1) is 5.92 Å². The van der Waals surface area contributed by atoms with E-state index in [0.29, 0.717) is 29.6 Å². The molecule has 0 spiro atoms. The second-order valence-corrected chi connectivity index (χ2v) is 7.54. The number of carbonyl (C=O) groups excluding carboxylic acids is 2. The highest BCUT2D eigenvalue weighted by molar-refractivity contribution is 6.30. The van der Waals surface area contributed by atoms with Gasteiger partial charge in [0.25, 0.3) is 5.91 Å². The van der Waals surface area contributed by atoms with Gasteiger partial charge in [0, 0.05) is 43.3 Å². The van der Waals surface area contributed by atoms with Gasteiger partial charge in [-0.05, 0) is 62.5 Å². The number of nitrogens with one attached hydrogen (secondary N) is 2. The maximum absolute atomic E-state index is 12.3. The van der Waals surface area contributed by atoms with Crippen molar-refractivity contribution in [2.24, 2.45) is 5.92 Å². The maximum Gasteiger partial charge on any atom is 0.317 e. The van der Waals surface area contributed by atoms with Crippen molar-refractivity contribution < 1.29 is 9.59 Å². The first-order chi connectivity index (χ1) is 12.6. The molecule has 2 saturated heterocycles. The Morgan fingerprint density at radius 1 is 1.04 bits per heavy atom.